The van der Waals surface area contributed by atoms with Crippen LogP contribution in [0.15, 0.2) is 42.7 Å². The van der Waals surface area contributed by atoms with Crippen LogP contribution >= 0.6 is 0 Å². The molecule has 0 amide bonds. The van der Waals surface area contributed by atoms with Crippen LogP contribution < -0.4 is 0 Å². The highest BCUT2D eigenvalue weighted by molar-refractivity contribution is 5.22. The molecule has 78 valence electrons. The lowest BCUT2D eigenvalue weighted by Gasteiger charge is -2.03. The minimum atomic E-state index is 0.957. The van der Waals surface area contributed by atoms with E-state index in [-0.39, 0.29) is 0 Å². The number of aromatic nitrogens is 2. The molecule has 0 aliphatic rings. The molecule has 0 aliphatic carbocycles. The lowest BCUT2D eigenvalue weighted by molar-refractivity contribution is 0.615. The SMILES string of the molecule is CCc1ccc(CCn2cccn2)cc1. The van der Waals surface area contributed by atoms with Crippen molar-refractivity contribution in [2.45, 2.75) is 26.3 Å². The van der Waals surface area contributed by atoms with Gasteiger partial charge in [0.2, 0.25) is 0 Å². The summed E-state index contributed by atoms with van der Waals surface area (Å²) in [5.41, 5.74) is 2.78. The van der Waals surface area contributed by atoms with Gasteiger partial charge in [-0.05, 0) is 30.0 Å². The number of benzene rings is 1. The highest BCUT2D eigenvalue weighted by atomic mass is 15.3. The second kappa shape index (κ2) is 4.78. The maximum Gasteiger partial charge on any atom is 0.0489 e. The summed E-state index contributed by atoms with van der Waals surface area (Å²) >= 11 is 0. The van der Waals surface area contributed by atoms with Crippen LogP contribution in [0.1, 0.15) is 18.1 Å². The Labute approximate surface area is 90.6 Å². The Bertz CT molecular complexity index is 387. The summed E-state index contributed by atoms with van der Waals surface area (Å²) in [7, 11) is 0. The molecule has 1 aromatic heterocycles. The average Bonchev–Trinajstić information content (AvgIpc) is 2.80. The molecule has 0 spiro atoms. The molecule has 2 aromatic rings. The maximum atomic E-state index is 4.18. The minimum absolute atomic E-state index is 0.957. The van der Waals surface area contributed by atoms with Crippen LogP contribution in [-0.4, -0.2) is 9.78 Å². The predicted octanol–water partition coefficient (Wildman–Crippen LogP) is 2.69. The quantitative estimate of drug-likeness (QED) is 0.742. The van der Waals surface area contributed by atoms with E-state index in [2.05, 4.69) is 36.3 Å². The number of hydrogen-bond acceptors (Lipinski definition) is 1. The molecule has 0 saturated heterocycles. The topological polar surface area (TPSA) is 17.8 Å². The van der Waals surface area contributed by atoms with Crippen LogP contribution in [0.25, 0.3) is 0 Å². The Morgan fingerprint density at radius 2 is 1.87 bits per heavy atom. The van der Waals surface area contributed by atoms with Crippen molar-refractivity contribution in [1.29, 1.82) is 0 Å². The van der Waals surface area contributed by atoms with Gasteiger partial charge in [-0.25, -0.2) is 0 Å². The molecule has 2 rings (SSSR count). The molecule has 0 fully saturated rings. The molecule has 1 aromatic carbocycles. The Kier molecular flexibility index (Phi) is 3.18. The monoisotopic (exact) mass is 200 g/mol. The fourth-order valence-electron chi connectivity index (χ4n) is 1.62. The Morgan fingerprint density at radius 3 is 2.47 bits per heavy atom. The van der Waals surface area contributed by atoms with Crippen molar-refractivity contribution in [2.24, 2.45) is 0 Å². The fourth-order valence-corrected chi connectivity index (χ4v) is 1.62. The smallest absolute Gasteiger partial charge is 0.0489 e. The van der Waals surface area contributed by atoms with Gasteiger partial charge in [0, 0.05) is 18.9 Å². The molecule has 0 radical (unpaired) electrons. The van der Waals surface area contributed by atoms with E-state index in [1.165, 1.54) is 11.1 Å². The van der Waals surface area contributed by atoms with Crippen LogP contribution in [0.5, 0.6) is 0 Å². The van der Waals surface area contributed by atoms with Gasteiger partial charge in [-0.1, -0.05) is 31.2 Å². The molecule has 0 N–H and O–H groups in total. The summed E-state index contributed by atoms with van der Waals surface area (Å²) < 4.78 is 1.97. The predicted molar refractivity (Wildman–Crippen MR) is 61.8 cm³/mol. The van der Waals surface area contributed by atoms with E-state index in [9.17, 15) is 0 Å². The molecule has 0 saturated carbocycles. The van der Waals surface area contributed by atoms with E-state index >= 15 is 0 Å². The first-order valence-electron chi connectivity index (χ1n) is 5.43. The largest absolute Gasteiger partial charge is 0.272 e. The Hall–Kier alpha value is -1.57. The van der Waals surface area contributed by atoms with Gasteiger partial charge >= 0.3 is 0 Å². The highest BCUT2D eigenvalue weighted by Crippen LogP contribution is 2.06. The first kappa shape index (κ1) is 9.97. The van der Waals surface area contributed by atoms with Crippen LogP contribution in [0, 0.1) is 0 Å². The van der Waals surface area contributed by atoms with Gasteiger partial charge in [0.25, 0.3) is 0 Å². The van der Waals surface area contributed by atoms with E-state index in [4.69, 9.17) is 0 Å². The van der Waals surface area contributed by atoms with Crippen LogP contribution in [0.4, 0.5) is 0 Å². The molecule has 0 unspecified atom stereocenters. The van der Waals surface area contributed by atoms with Crippen LogP contribution in [0.3, 0.4) is 0 Å². The third kappa shape index (κ3) is 2.69. The van der Waals surface area contributed by atoms with E-state index in [1.54, 1.807) is 0 Å². The first-order valence-corrected chi connectivity index (χ1v) is 5.43. The van der Waals surface area contributed by atoms with Gasteiger partial charge < -0.3 is 0 Å². The maximum absolute atomic E-state index is 4.18. The first-order chi connectivity index (χ1) is 7.38. The lowest BCUT2D eigenvalue weighted by atomic mass is 10.1. The van der Waals surface area contributed by atoms with Crippen molar-refractivity contribution in [1.82, 2.24) is 9.78 Å². The second-order valence-electron chi connectivity index (χ2n) is 3.69. The molecular formula is C13H16N2. The molecule has 1 heterocycles. The van der Waals surface area contributed by atoms with Crippen molar-refractivity contribution in [3.63, 3.8) is 0 Å². The zero-order chi connectivity index (χ0) is 10.5. The molecule has 0 bridgehead atoms. The molecular weight excluding hydrogens is 184 g/mol. The molecule has 0 atom stereocenters. The number of rotatable bonds is 4. The van der Waals surface area contributed by atoms with Crippen molar-refractivity contribution in [2.75, 3.05) is 0 Å². The van der Waals surface area contributed by atoms with Crippen molar-refractivity contribution >= 4 is 0 Å². The van der Waals surface area contributed by atoms with Gasteiger partial charge in [-0.2, -0.15) is 5.10 Å². The van der Waals surface area contributed by atoms with Gasteiger partial charge in [-0.3, -0.25) is 4.68 Å². The summed E-state index contributed by atoms with van der Waals surface area (Å²) in [5.74, 6) is 0. The van der Waals surface area contributed by atoms with Crippen molar-refractivity contribution < 1.29 is 0 Å². The molecule has 0 aliphatic heterocycles. The zero-order valence-electron chi connectivity index (χ0n) is 9.06. The number of aryl methyl sites for hydroxylation is 3. The Morgan fingerprint density at radius 1 is 1.13 bits per heavy atom. The summed E-state index contributed by atoms with van der Waals surface area (Å²) in [6.07, 6.45) is 5.98. The summed E-state index contributed by atoms with van der Waals surface area (Å²) in [4.78, 5) is 0. The van der Waals surface area contributed by atoms with Gasteiger partial charge in [0.1, 0.15) is 0 Å². The molecule has 2 nitrogen and oxygen atoms in total. The third-order valence-corrected chi connectivity index (χ3v) is 2.62. The van der Waals surface area contributed by atoms with E-state index in [0.717, 1.165) is 19.4 Å². The zero-order valence-corrected chi connectivity index (χ0v) is 9.06. The summed E-state index contributed by atoms with van der Waals surface area (Å²) in [5, 5.41) is 4.18. The summed E-state index contributed by atoms with van der Waals surface area (Å²) in [6.45, 7) is 3.14. The average molecular weight is 200 g/mol. The highest BCUT2D eigenvalue weighted by Gasteiger charge is 1.95. The normalized spacial score (nSPS) is 10.5. The van der Waals surface area contributed by atoms with Crippen molar-refractivity contribution in [3.05, 3.63) is 53.9 Å². The molecule has 15 heavy (non-hydrogen) atoms. The van der Waals surface area contributed by atoms with Crippen molar-refractivity contribution in [3.8, 4) is 0 Å². The van der Waals surface area contributed by atoms with E-state index < -0.39 is 0 Å². The number of nitrogens with zero attached hydrogens (tertiary/aromatic N) is 2. The van der Waals surface area contributed by atoms with Gasteiger partial charge in [0.15, 0.2) is 0 Å². The van der Waals surface area contributed by atoms with E-state index in [1.807, 2.05) is 23.1 Å². The molecule has 2 heteroatoms. The lowest BCUT2D eigenvalue weighted by Crippen LogP contribution is -2.01. The summed E-state index contributed by atoms with van der Waals surface area (Å²) in [6, 6.07) is 10.8. The second-order valence-corrected chi connectivity index (χ2v) is 3.69. The van der Waals surface area contributed by atoms with Gasteiger partial charge in [0.05, 0.1) is 0 Å². The van der Waals surface area contributed by atoms with E-state index in [0.29, 0.717) is 0 Å². The van der Waals surface area contributed by atoms with Gasteiger partial charge in [-0.15, -0.1) is 0 Å². The van der Waals surface area contributed by atoms with Crippen LogP contribution in [0.2, 0.25) is 0 Å². The number of hydrogen-bond donors (Lipinski definition) is 0. The standard InChI is InChI=1S/C13H16N2/c1-2-12-4-6-13(7-5-12)8-11-15-10-3-9-14-15/h3-7,9-10H,2,8,11H2,1H3. The Balaban J connectivity index is 1.93. The fraction of sp³-hybridized carbons (Fsp3) is 0.308. The minimum Gasteiger partial charge on any atom is -0.272 e. The third-order valence-electron chi connectivity index (χ3n) is 2.62. The van der Waals surface area contributed by atoms with Crippen LogP contribution in [-0.2, 0) is 19.4 Å².